The fourth-order valence-corrected chi connectivity index (χ4v) is 3.03. The van der Waals surface area contributed by atoms with Gasteiger partial charge in [-0.3, -0.25) is 9.69 Å². The van der Waals surface area contributed by atoms with Crippen LogP contribution in [-0.4, -0.2) is 60.6 Å². The summed E-state index contributed by atoms with van der Waals surface area (Å²) in [6.45, 7) is 1.06. The monoisotopic (exact) mass is 332 g/mol. The van der Waals surface area contributed by atoms with E-state index >= 15 is 0 Å². The molecule has 5 amide bonds. The Labute approximate surface area is 139 Å². The first-order valence-electron chi connectivity index (χ1n) is 7.88. The second-order valence-corrected chi connectivity index (χ2v) is 5.80. The topological polar surface area (TPSA) is 91.0 Å². The van der Waals surface area contributed by atoms with E-state index in [0.29, 0.717) is 37.4 Å². The molecule has 0 bridgehead atoms. The number of nitrogens with one attached hydrogen (secondary N) is 2. The summed E-state index contributed by atoms with van der Waals surface area (Å²) in [5, 5.41) is 5.36. The number of methoxy groups -OCH3 is 1. The minimum Gasteiger partial charge on any atom is -0.497 e. The van der Waals surface area contributed by atoms with E-state index in [-0.39, 0.29) is 30.6 Å². The maximum Gasteiger partial charge on any atom is 0.324 e. The average molecular weight is 332 g/mol. The molecule has 0 unspecified atom stereocenters. The van der Waals surface area contributed by atoms with Gasteiger partial charge in [-0.25, -0.2) is 9.59 Å². The SMILES string of the molecule is COc1cccc(NC(=O)N2CCC(N3C(=O)CNC3=O)CC2)c1. The number of amides is 5. The summed E-state index contributed by atoms with van der Waals surface area (Å²) < 4.78 is 5.13. The van der Waals surface area contributed by atoms with Crippen molar-refractivity contribution in [3.63, 3.8) is 0 Å². The van der Waals surface area contributed by atoms with Gasteiger partial charge in [-0.15, -0.1) is 0 Å². The van der Waals surface area contributed by atoms with Crippen molar-refractivity contribution in [1.82, 2.24) is 15.1 Å². The van der Waals surface area contributed by atoms with Crippen LogP contribution in [0.5, 0.6) is 5.75 Å². The van der Waals surface area contributed by atoms with Crippen molar-refractivity contribution < 1.29 is 19.1 Å². The third-order valence-corrected chi connectivity index (χ3v) is 4.32. The van der Waals surface area contributed by atoms with E-state index in [4.69, 9.17) is 4.74 Å². The molecule has 2 aliphatic heterocycles. The summed E-state index contributed by atoms with van der Waals surface area (Å²) in [5.41, 5.74) is 0.663. The summed E-state index contributed by atoms with van der Waals surface area (Å²) in [6, 6.07) is 6.48. The lowest BCUT2D eigenvalue weighted by molar-refractivity contribution is -0.127. The van der Waals surface area contributed by atoms with E-state index < -0.39 is 0 Å². The Bertz CT molecular complexity index is 639. The second kappa shape index (κ2) is 6.77. The first-order chi connectivity index (χ1) is 11.6. The van der Waals surface area contributed by atoms with Crippen LogP contribution in [0.3, 0.4) is 0 Å². The van der Waals surface area contributed by atoms with E-state index in [2.05, 4.69) is 10.6 Å². The summed E-state index contributed by atoms with van der Waals surface area (Å²) in [5.74, 6) is 0.476. The fourth-order valence-electron chi connectivity index (χ4n) is 3.03. The summed E-state index contributed by atoms with van der Waals surface area (Å²) >= 11 is 0. The lowest BCUT2D eigenvalue weighted by Crippen LogP contribution is -2.49. The van der Waals surface area contributed by atoms with E-state index in [1.54, 1.807) is 36.3 Å². The number of urea groups is 2. The average Bonchev–Trinajstić information content (AvgIpc) is 2.94. The van der Waals surface area contributed by atoms with E-state index in [1.807, 2.05) is 0 Å². The smallest absolute Gasteiger partial charge is 0.324 e. The van der Waals surface area contributed by atoms with Gasteiger partial charge >= 0.3 is 12.1 Å². The summed E-state index contributed by atoms with van der Waals surface area (Å²) in [7, 11) is 1.57. The Morgan fingerprint density at radius 2 is 2.04 bits per heavy atom. The van der Waals surface area contributed by atoms with Crippen molar-refractivity contribution in [2.75, 3.05) is 32.1 Å². The molecule has 2 fully saturated rings. The molecule has 0 radical (unpaired) electrons. The molecular formula is C16H20N4O4. The van der Waals surface area contributed by atoms with Crippen LogP contribution >= 0.6 is 0 Å². The van der Waals surface area contributed by atoms with Crippen LogP contribution in [-0.2, 0) is 4.79 Å². The molecule has 128 valence electrons. The molecule has 0 aromatic heterocycles. The zero-order chi connectivity index (χ0) is 17.1. The molecule has 0 atom stereocenters. The quantitative estimate of drug-likeness (QED) is 0.815. The number of likely N-dealkylation sites (tertiary alicyclic amines) is 1. The zero-order valence-corrected chi connectivity index (χ0v) is 13.4. The lowest BCUT2D eigenvalue weighted by Gasteiger charge is -2.35. The highest BCUT2D eigenvalue weighted by atomic mass is 16.5. The number of rotatable bonds is 3. The van der Waals surface area contributed by atoms with Gasteiger partial charge in [-0.2, -0.15) is 0 Å². The highest BCUT2D eigenvalue weighted by Crippen LogP contribution is 2.21. The minimum atomic E-state index is -0.334. The summed E-state index contributed by atoms with van der Waals surface area (Å²) in [6.07, 6.45) is 1.18. The molecular weight excluding hydrogens is 312 g/mol. The Morgan fingerprint density at radius 1 is 1.29 bits per heavy atom. The van der Waals surface area contributed by atoms with Crippen LogP contribution < -0.4 is 15.4 Å². The molecule has 0 saturated carbocycles. The third-order valence-electron chi connectivity index (χ3n) is 4.32. The van der Waals surface area contributed by atoms with Gasteiger partial charge in [0.2, 0.25) is 5.91 Å². The number of hydrogen-bond donors (Lipinski definition) is 2. The number of hydrogen-bond acceptors (Lipinski definition) is 4. The van der Waals surface area contributed by atoms with Gasteiger partial charge in [0, 0.05) is 30.9 Å². The maximum absolute atomic E-state index is 12.3. The standard InChI is InChI=1S/C16H20N4O4/c1-24-13-4-2-3-11(9-13)18-16(23)19-7-5-12(6-8-19)20-14(21)10-17-15(20)22/h2-4,9,12H,5-8,10H2,1H3,(H,17,22)(H,18,23). The molecule has 2 saturated heterocycles. The molecule has 0 aliphatic carbocycles. The third kappa shape index (κ3) is 3.27. The number of carbonyl (C=O) groups excluding carboxylic acids is 3. The van der Waals surface area contributed by atoms with E-state index in [1.165, 1.54) is 4.90 Å². The van der Waals surface area contributed by atoms with Crippen LogP contribution in [0.1, 0.15) is 12.8 Å². The Hall–Kier alpha value is -2.77. The van der Waals surface area contributed by atoms with Crippen molar-refractivity contribution in [2.45, 2.75) is 18.9 Å². The molecule has 2 heterocycles. The second-order valence-electron chi connectivity index (χ2n) is 5.80. The molecule has 1 aromatic carbocycles. The van der Waals surface area contributed by atoms with Gasteiger partial charge in [0.25, 0.3) is 0 Å². The number of benzene rings is 1. The predicted octanol–water partition coefficient (Wildman–Crippen LogP) is 1.24. The molecule has 2 aliphatic rings. The van der Waals surface area contributed by atoms with Crippen LogP contribution in [0.2, 0.25) is 0 Å². The van der Waals surface area contributed by atoms with Crippen molar-refractivity contribution in [1.29, 1.82) is 0 Å². The lowest BCUT2D eigenvalue weighted by atomic mass is 10.0. The van der Waals surface area contributed by atoms with E-state index in [9.17, 15) is 14.4 Å². The summed E-state index contributed by atoms with van der Waals surface area (Å²) in [4.78, 5) is 38.7. The maximum atomic E-state index is 12.3. The van der Waals surface area contributed by atoms with Gasteiger partial charge < -0.3 is 20.3 Å². The number of carbonyl (C=O) groups is 3. The number of imide groups is 1. The Kier molecular flexibility index (Phi) is 4.54. The van der Waals surface area contributed by atoms with Crippen molar-refractivity contribution >= 4 is 23.7 Å². The predicted molar refractivity (Wildman–Crippen MR) is 86.9 cm³/mol. The molecule has 2 N–H and O–H groups in total. The number of anilines is 1. The van der Waals surface area contributed by atoms with Crippen LogP contribution in [0.15, 0.2) is 24.3 Å². The van der Waals surface area contributed by atoms with Gasteiger partial charge in [0.1, 0.15) is 5.75 Å². The highest BCUT2D eigenvalue weighted by molar-refractivity contribution is 6.02. The largest absolute Gasteiger partial charge is 0.497 e. The number of ether oxygens (including phenoxy) is 1. The number of nitrogens with zero attached hydrogens (tertiary/aromatic N) is 2. The first kappa shape index (κ1) is 16.1. The normalized spacial score (nSPS) is 18.5. The molecule has 8 nitrogen and oxygen atoms in total. The van der Waals surface area contributed by atoms with Gasteiger partial charge in [0.05, 0.1) is 13.7 Å². The van der Waals surface area contributed by atoms with Crippen molar-refractivity contribution in [2.24, 2.45) is 0 Å². The minimum absolute atomic E-state index is 0.0649. The van der Waals surface area contributed by atoms with Gasteiger partial charge in [-0.05, 0) is 25.0 Å². The van der Waals surface area contributed by atoms with Gasteiger partial charge in [-0.1, -0.05) is 6.07 Å². The fraction of sp³-hybridized carbons (Fsp3) is 0.438. The number of piperidine rings is 1. The Morgan fingerprint density at radius 3 is 2.67 bits per heavy atom. The molecule has 24 heavy (non-hydrogen) atoms. The van der Waals surface area contributed by atoms with Crippen molar-refractivity contribution in [3.8, 4) is 5.75 Å². The van der Waals surface area contributed by atoms with Crippen LogP contribution in [0.25, 0.3) is 0 Å². The molecule has 1 aromatic rings. The van der Waals surface area contributed by atoms with Gasteiger partial charge in [0.15, 0.2) is 0 Å². The van der Waals surface area contributed by atoms with Crippen LogP contribution in [0.4, 0.5) is 15.3 Å². The van der Waals surface area contributed by atoms with Crippen LogP contribution in [0, 0.1) is 0 Å². The Balaban J connectivity index is 1.55. The molecule has 8 heteroatoms. The van der Waals surface area contributed by atoms with E-state index in [0.717, 1.165) is 0 Å². The zero-order valence-electron chi connectivity index (χ0n) is 13.4. The highest BCUT2D eigenvalue weighted by Gasteiger charge is 2.37. The molecule has 0 spiro atoms. The van der Waals surface area contributed by atoms with Crippen molar-refractivity contribution in [3.05, 3.63) is 24.3 Å². The first-order valence-corrected chi connectivity index (χ1v) is 7.88. The molecule has 3 rings (SSSR count).